The summed E-state index contributed by atoms with van der Waals surface area (Å²) in [6.45, 7) is 19.3. The Hall–Kier alpha value is -3.27. The van der Waals surface area contributed by atoms with E-state index in [1.807, 2.05) is 36.4 Å². The van der Waals surface area contributed by atoms with Crippen LogP contribution in [0.2, 0.25) is 0 Å². The fourth-order valence-corrected chi connectivity index (χ4v) is 3.22. The van der Waals surface area contributed by atoms with Crippen LogP contribution in [0.25, 0.3) is 0 Å². The van der Waals surface area contributed by atoms with E-state index in [-0.39, 0.29) is 16.2 Å². The van der Waals surface area contributed by atoms with E-state index in [9.17, 15) is 4.79 Å². The van der Waals surface area contributed by atoms with Gasteiger partial charge >= 0.3 is 6.16 Å². The summed E-state index contributed by atoms with van der Waals surface area (Å²) in [5.41, 5.74) is 3.91. The minimum absolute atomic E-state index is 0.0633. The van der Waals surface area contributed by atoms with E-state index in [0.717, 1.165) is 0 Å². The van der Waals surface area contributed by atoms with Crippen molar-refractivity contribution in [3.8, 4) is 17.2 Å². The first-order valence-electron chi connectivity index (χ1n) is 12.0. The first kappa shape index (κ1) is 28.0. The Morgan fingerprint density at radius 1 is 0.514 bits per heavy atom. The standard InChI is InChI=1S/C21H26O3.C10H14O/c1-20(2,3)15-7-11-17(12-8-15)23-19(22)24-18-13-9-16(10-14-18)21(4,5)6;1-10(2,3)8-4-6-9(11)7-5-8/h7-14H,1-6H3;4-7,11H,1-3H3. The van der Waals surface area contributed by atoms with Crippen LogP contribution in [0.1, 0.15) is 79.0 Å². The molecule has 4 heteroatoms. The molecule has 0 bridgehead atoms. The molecule has 0 amide bonds. The second kappa shape index (κ2) is 11.0. The average molecular weight is 477 g/mol. The lowest BCUT2D eigenvalue weighted by atomic mass is 9.87. The van der Waals surface area contributed by atoms with Gasteiger partial charge in [-0.25, -0.2) is 4.79 Å². The molecule has 0 saturated carbocycles. The van der Waals surface area contributed by atoms with Crippen molar-refractivity contribution < 1.29 is 19.4 Å². The first-order chi connectivity index (χ1) is 16.1. The fourth-order valence-electron chi connectivity index (χ4n) is 3.22. The number of phenols is 1. The minimum atomic E-state index is -0.734. The predicted molar refractivity (Wildman–Crippen MR) is 144 cm³/mol. The normalized spacial score (nSPS) is 11.8. The highest BCUT2D eigenvalue weighted by atomic mass is 16.7. The van der Waals surface area contributed by atoms with Crippen LogP contribution >= 0.6 is 0 Å². The summed E-state index contributed by atoms with van der Waals surface area (Å²) in [6, 6.07) is 22.3. The highest BCUT2D eigenvalue weighted by molar-refractivity contribution is 5.67. The third-order valence-corrected chi connectivity index (χ3v) is 5.58. The van der Waals surface area contributed by atoms with Gasteiger partial charge in [0.15, 0.2) is 0 Å². The SMILES string of the molecule is CC(C)(C)c1ccc(O)cc1.CC(C)(C)c1ccc(OC(=O)Oc2ccc(C(C)(C)C)cc2)cc1. The lowest BCUT2D eigenvalue weighted by Crippen LogP contribution is -2.15. The van der Waals surface area contributed by atoms with E-state index in [0.29, 0.717) is 17.2 Å². The van der Waals surface area contributed by atoms with Crippen molar-refractivity contribution in [1.29, 1.82) is 0 Å². The molecular weight excluding hydrogens is 436 g/mol. The molecule has 0 fully saturated rings. The number of carbonyl (C=O) groups is 1. The molecule has 0 aliphatic rings. The zero-order chi connectivity index (χ0) is 26.4. The van der Waals surface area contributed by atoms with Gasteiger partial charge in [-0.3, -0.25) is 0 Å². The second-order valence-corrected chi connectivity index (χ2v) is 11.8. The molecule has 0 aliphatic carbocycles. The van der Waals surface area contributed by atoms with Crippen molar-refractivity contribution >= 4 is 6.16 Å². The number of hydrogen-bond donors (Lipinski definition) is 1. The summed E-state index contributed by atoms with van der Waals surface area (Å²) in [6.07, 6.45) is -0.734. The number of ether oxygens (including phenoxy) is 2. The van der Waals surface area contributed by atoms with Crippen molar-refractivity contribution in [2.45, 2.75) is 78.6 Å². The Morgan fingerprint density at radius 2 is 0.771 bits per heavy atom. The van der Waals surface area contributed by atoms with E-state index in [4.69, 9.17) is 14.6 Å². The van der Waals surface area contributed by atoms with E-state index >= 15 is 0 Å². The van der Waals surface area contributed by atoms with Gasteiger partial charge in [-0.2, -0.15) is 0 Å². The molecule has 1 N–H and O–H groups in total. The molecule has 3 aromatic rings. The van der Waals surface area contributed by atoms with Gasteiger partial charge in [-0.05, 0) is 69.3 Å². The zero-order valence-corrected chi connectivity index (χ0v) is 22.6. The van der Waals surface area contributed by atoms with Crippen LogP contribution in [-0.2, 0) is 16.2 Å². The van der Waals surface area contributed by atoms with Crippen LogP contribution in [0.4, 0.5) is 4.79 Å². The Balaban J connectivity index is 0.000000328. The van der Waals surface area contributed by atoms with Crippen molar-refractivity contribution in [3.63, 3.8) is 0 Å². The van der Waals surface area contributed by atoms with E-state index in [1.54, 1.807) is 36.4 Å². The van der Waals surface area contributed by atoms with Gasteiger partial charge < -0.3 is 14.6 Å². The molecule has 0 radical (unpaired) electrons. The molecule has 3 aromatic carbocycles. The maximum Gasteiger partial charge on any atom is 0.519 e. The molecule has 0 aliphatic heterocycles. The van der Waals surface area contributed by atoms with Gasteiger partial charge in [-0.15, -0.1) is 0 Å². The average Bonchev–Trinajstić information content (AvgIpc) is 2.73. The summed E-state index contributed by atoms with van der Waals surface area (Å²) < 4.78 is 10.4. The van der Waals surface area contributed by atoms with Crippen LogP contribution in [0.15, 0.2) is 72.8 Å². The van der Waals surface area contributed by atoms with Crippen LogP contribution in [0.5, 0.6) is 17.2 Å². The van der Waals surface area contributed by atoms with Crippen molar-refractivity contribution in [2.24, 2.45) is 0 Å². The lowest BCUT2D eigenvalue weighted by Gasteiger charge is -2.19. The van der Waals surface area contributed by atoms with Gasteiger partial charge in [-0.1, -0.05) is 98.7 Å². The number of carbonyl (C=O) groups excluding carboxylic acids is 1. The Kier molecular flexibility index (Phi) is 8.78. The number of phenolic OH excluding ortho intramolecular Hbond substituents is 1. The van der Waals surface area contributed by atoms with Crippen LogP contribution in [-0.4, -0.2) is 11.3 Å². The van der Waals surface area contributed by atoms with Crippen molar-refractivity contribution in [2.75, 3.05) is 0 Å². The second-order valence-electron chi connectivity index (χ2n) is 11.8. The Labute approximate surface area is 210 Å². The number of aromatic hydroxyl groups is 1. The maximum absolute atomic E-state index is 11.9. The highest BCUT2D eigenvalue weighted by Crippen LogP contribution is 2.26. The number of rotatable bonds is 2. The van der Waals surface area contributed by atoms with Crippen LogP contribution in [0, 0.1) is 0 Å². The topological polar surface area (TPSA) is 55.8 Å². The summed E-state index contributed by atoms with van der Waals surface area (Å²) in [4.78, 5) is 11.9. The molecule has 0 heterocycles. The molecule has 35 heavy (non-hydrogen) atoms. The first-order valence-corrected chi connectivity index (χ1v) is 12.0. The summed E-state index contributed by atoms with van der Waals surface area (Å²) >= 11 is 0. The van der Waals surface area contributed by atoms with Gasteiger partial charge in [0.1, 0.15) is 17.2 Å². The van der Waals surface area contributed by atoms with Crippen molar-refractivity contribution in [1.82, 2.24) is 0 Å². The molecule has 0 aromatic heterocycles. The number of hydrogen-bond acceptors (Lipinski definition) is 4. The Bertz CT molecular complexity index is 1010. The zero-order valence-electron chi connectivity index (χ0n) is 22.6. The molecule has 4 nitrogen and oxygen atoms in total. The molecule has 0 unspecified atom stereocenters. The molecule has 0 saturated heterocycles. The fraction of sp³-hybridized carbons (Fsp3) is 0.387. The van der Waals surface area contributed by atoms with E-state index in [1.165, 1.54) is 16.7 Å². The van der Waals surface area contributed by atoms with Gasteiger partial charge in [0.2, 0.25) is 0 Å². The third-order valence-electron chi connectivity index (χ3n) is 5.58. The highest BCUT2D eigenvalue weighted by Gasteiger charge is 2.16. The third kappa shape index (κ3) is 9.12. The molecule has 3 rings (SSSR count). The maximum atomic E-state index is 11.9. The van der Waals surface area contributed by atoms with E-state index < -0.39 is 6.16 Å². The molecule has 0 spiro atoms. The Morgan fingerprint density at radius 3 is 1.03 bits per heavy atom. The lowest BCUT2D eigenvalue weighted by molar-refractivity contribution is 0.152. The predicted octanol–water partition coefficient (Wildman–Crippen LogP) is 8.55. The van der Waals surface area contributed by atoms with Crippen LogP contribution in [0.3, 0.4) is 0 Å². The van der Waals surface area contributed by atoms with Crippen molar-refractivity contribution in [3.05, 3.63) is 89.5 Å². The summed E-state index contributed by atoms with van der Waals surface area (Å²) in [7, 11) is 0. The van der Waals surface area contributed by atoms with Gasteiger partial charge in [0, 0.05) is 0 Å². The molecule has 188 valence electrons. The van der Waals surface area contributed by atoms with Gasteiger partial charge in [0.05, 0.1) is 0 Å². The summed E-state index contributed by atoms with van der Waals surface area (Å²) in [5, 5.41) is 9.02. The van der Waals surface area contributed by atoms with Crippen LogP contribution < -0.4 is 9.47 Å². The largest absolute Gasteiger partial charge is 0.519 e. The quantitative estimate of drug-likeness (QED) is 0.297. The molecule has 0 atom stereocenters. The smallest absolute Gasteiger partial charge is 0.508 e. The summed E-state index contributed by atoms with van der Waals surface area (Å²) in [5.74, 6) is 1.27. The van der Waals surface area contributed by atoms with Gasteiger partial charge in [0.25, 0.3) is 0 Å². The minimum Gasteiger partial charge on any atom is -0.508 e. The number of benzene rings is 3. The monoisotopic (exact) mass is 476 g/mol. The molecular formula is C31H40O4. The van der Waals surface area contributed by atoms with E-state index in [2.05, 4.69) is 62.3 Å².